The fraction of sp³-hybridized carbons (Fsp3) is 0.455. The Kier molecular flexibility index (Phi) is 4.12. The Morgan fingerprint density at radius 3 is 1.75 bits per heavy atom. The number of aryl methyl sites for hydroxylation is 1. The summed E-state index contributed by atoms with van der Waals surface area (Å²) in [5.74, 6) is -12.1. The fourth-order valence-electron chi connectivity index (χ4n) is 1.45. The van der Waals surface area contributed by atoms with E-state index in [4.69, 9.17) is 0 Å². The van der Waals surface area contributed by atoms with Gasteiger partial charge >= 0.3 is 18.0 Å². The molecule has 0 aromatic heterocycles. The monoisotopic (exact) mass is 303 g/mol. The Morgan fingerprint density at radius 1 is 0.950 bits per heavy atom. The topological polar surface area (TPSA) is 29.4 Å². The third kappa shape index (κ3) is 2.61. The summed E-state index contributed by atoms with van der Waals surface area (Å²) in [5, 5.41) is 1.76. The Balaban J connectivity index is 3.29. The molecular formula is C11H8F7NO. The average molecular weight is 303 g/mol. The lowest BCUT2D eigenvalue weighted by molar-refractivity contribution is -0.359. The lowest BCUT2D eigenvalue weighted by Gasteiger charge is -2.30. The van der Waals surface area contributed by atoms with Crippen molar-refractivity contribution in [3.05, 3.63) is 40.3 Å². The molecule has 1 rings (SSSR count). The van der Waals surface area contributed by atoms with Crippen LogP contribution < -0.4 is 0 Å². The number of nitrogens with zero attached hydrogens (tertiary/aromatic N) is 1. The van der Waals surface area contributed by atoms with Gasteiger partial charge < -0.3 is 0 Å². The van der Waals surface area contributed by atoms with Crippen LogP contribution in [0.25, 0.3) is 0 Å². The molecule has 0 fully saturated rings. The van der Waals surface area contributed by atoms with Gasteiger partial charge in [-0.2, -0.15) is 30.7 Å². The molecule has 0 aliphatic rings. The molecule has 0 amide bonds. The molecule has 1 aromatic carbocycles. The number of alkyl halides is 7. The summed E-state index contributed by atoms with van der Waals surface area (Å²) >= 11 is 0. The summed E-state index contributed by atoms with van der Waals surface area (Å²) in [5.41, 5.74) is -0.177. The van der Waals surface area contributed by atoms with E-state index in [0.717, 1.165) is 12.1 Å². The molecule has 0 heterocycles. The minimum absolute atomic E-state index is 0.546. The molecule has 0 aliphatic heterocycles. The van der Waals surface area contributed by atoms with Crippen LogP contribution in [-0.2, 0) is 0 Å². The summed E-state index contributed by atoms with van der Waals surface area (Å²) in [4.78, 5) is 10.4. The molecule has 0 N–H and O–H groups in total. The first kappa shape index (κ1) is 16.4. The molecule has 1 aromatic rings. The molecule has 0 aliphatic carbocycles. The molecule has 0 spiro atoms. The summed E-state index contributed by atoms with van der Waals surface area (Å²) in [7, 11) is 0. The van der Waals surface area contributed by atoms with Gasteiger partial charge in [0, 0.05) is 0 Å². The highest BCUT2D eigenvalue weighted by Gasteiger charge is 2.76. The van der Waals surface area contributed by atoms with E-state index in [9.17, 15) is 35.6 Å². The van der Waals surface area contributed by atoms with E-state index < -0.39 is 29.6 Å². The lowest BCUT2D eigenvalue weighted by Crippen LogP contribution is -2.54. The third-order valence-corrected chi connectivity index (χ3v) is 2.62. The van der Waals surface area contributed by atoms with Gasteiger partial charge in [-0.05, 0) is 12.5 Å². The number of hydrogen-bond acceptors (Lipinski definition) is 2. The van der Waals surface area contributed by atoms with E-state index in [1.54, 1.807) is 5.18 Å². The van der Waals surface area contributed by atoms with Gasteiger partial charge in [-0.15, -0.1) is 4.91 Å². The van der Waals surface area contributed by atoms with Crippen molar-refractivity contribution in [3.8, 4) is 0 Å². The third-order valence-electron chi connectivity index (χ3n) is 2.62. The van der Waals surface area contributed by atoms with Crippen molar-refractivity contribution in [2.45, 2.75) is 31.0 Å². The van der Waals surface area contributed by atoms with Crippen LogP contribution in [0, 0.1) is 11.8 Å². The largest absolute Gasteiger partial charge is 0.459 e. The number of nitroso groups, excluding NO2 is 1. The van der Waals surface area contributed by atoms with Crippen molar-refractivity contribution in [1.82, 2.24) is 0 Å². The molecule has 2 nitrogen and oxygen atoms in total. The SMILES string of the molecule is Cc1ccc(C(N=O)C(F)(F)C(F)(F)C(F)(F)F)cc1. The van der Waals surface area contributed by atoms with Gasteiger partial charge in [-0.3, -0.25) is 0 Å². The molecule has 0 bridgehead atoms. The predicted octanol–water partition coefficient (Wildman–Crippen LogP) is 4.64. The van der Waals surface area contributed by atoms with Crippen molar-refractivity contribution in [2.24, 2.45) is 5.18 Å². The van der Waals surface area contributed by atoms with E-state index in [0.29, 0.717) is 5.56 Å². The second kappa shape index (κ2) is 5.02. The van der Waals surface area contributed by atoms with E-state index in [1.165, 1.54) is 19.1 Å². The molecule has 0 saturated heterocycles. The first-order valence-electron chi connectivity index (χ1n) is 5.16. The number of rotatable bonds is 4. The quantitative estimate of drug-likeness (QED) is 0.589. The standard InChI is InChI=1S/C11H8F7NO/c1-6-2-4-7(5-3-6)8(19-20)9(12,13)10(14,15)11(16,17)18/h2-5,8H,1H3. The average Bonchev–Trinajstić information content (AvgIpc) is 2.30. The highest BCUT2D eigenvalue weighted by atomic mass is 19.4. The molecule has 1 atom stereocenters. The summed E-state index contributed by atoms with van der Waals surface area (Å²) in [6.07, 6.45) is -6.50. The Labute approximate surface area is 108 Å². The van der Waals surface area contributed by atoms with Gasteiger partial charge in [0.2, 0.25) is 0 Å². The molecule has 9 heteroatoms. The van der Waals surface area contributed by atoms with Gasteiger partial charge in [-0.1, -0.05) is 35.0 Å². The van der Waals surface area contributed by atoms with Crippen LogP contribution in [0.15, 0.2) is 29.4 Å². The Bertz CT molecular complexity index is 481. The Morgan fingerprint density at radius 2 is 1.40 bits per heavy atom. The maximum atomic E-state index is 13.4. The highest BCUT2D eigenvalue weighted by molar-refractivity contribution is 5.27. The van der Waals surface area contributed by atoms with Crippen LogP contribution in [-0.4, -0.2) is 18.0 Å². The predicted molar refractivity (Wildman–Crippen MR) is 55.7 cm³/mol. The van der Waals surface area contributed by atoms with Crippen molar-refractivity contribution in [2.75, 3.05) is 0 Å². The zero-order chi connectivity index (χ0) is 15.8. The molecule has 0 saturated carbocycles. The summed E-state index contributed by atoms with van der Waals surface area (Å²) in [6, 6.07) is 0.938. The van der Waals surface area contributed by atoms with E-state index in [1.807, 2.05) is 0 Å². The second-order valence-electron chi connectivity index (χ2n) is 4.11. The van der Waals surface area contributed by atoms with Gasteiger partial charge in [0.15, 0.2) is 6.04 Å². The van der Waals surface area contributed by atoms with Crippen molar-refractivity contribution in [3.63, 3.8) is 0 Å². The minimum Gasteiger partial charge on any atom is -0.196 e. The summed E-state index contributed by atoms with van der Waals surface area (Å²) in [6.45, 7) is 1.54. The van der Waals surface area contributed by atoms with Crippen LogP contribution in [0.1, 0.15) is 17.2 Å². The van der Waals surface area contributed by atoms with Gasteiger partial charge in [0.25, 0.3) is 0 Å². The molecule has 1 unspecified atom stereocenters. The number of benzene rings is 1. The Hall–Kier alpha value is -1.67. The van der Waals surface area contributed by atoms with Gasteiger partial charge in [0.05, 0.1) is 0 Å². The van der Waals surface area contributed by atoms with E-state index in [2.05, 4.69) is 0 Å². The van der Waals surface area contributed by atoms with Crippen LogP contribution in [0.5, 0.6) is 0 Å². The van der Waals surface area contributed by atoms with Gasteiger partial charge in [0.1, 0.15) is 0 Å². The molecule has 0 radical (unpaired) electrons. The lowest BCUT2D eigenvalue weighted by atomic mass is 9.95. The molecule has 112 valence electrons. The smallest absolute Gasteiger partial charge is 0.196 e. The van der Waals surface area contributed by atoms with E-state index in [-0.39, 0.29) is 0 Å². The van der Waals surface area contributed by atoms with Crippen molar-refractivity contribution < 1.29 is 30.7 Å². The van der Waals surface area contributed by atoms with Gasteiger partial charge in [-0.25, -0.2) is 0 Å². The second-order valence-corrected chi connectivity index (χ2v) is 4.11. The first-order chi connectivity index (χ1) is 8.95. The van der Waals surface area contributed by atoms with Crippen molar-refractivity contribution >= 4 is 0 Å². The number of hydrogen-bond donors (Lipinski definition) is 0. The maximum Gasteiger partial charge on any atom is 0.459 e. The minimum atomic E-state index is -6.50. The maximum absolute atomic E-state index is 13.4. The zero-order valence-electron chi connectivity index (χ0n) is 9.89. The fourth-order valence-corrected chi connectivity index (χ4v) is 1.45. The highest BCUT2D eigenvalue weighted by Crippen LogP contribution is 2.52. The molecule has 20 heavy (non-hydrogen) atoms. The van der Waals surface area contributed by atoms with Crippen LogP contribution in [0.3, 0.4) is 0 Å². The first-order valence-corrected chi connectivity index (χ1v) is 5.16. The van der Waals surface area contributed by atoms with E-state index >= 15 is 0 Å². The van der Waals surface area contributed by atoms with Crippen LogP contribution in [0.4, 0.5) is 30.7 Å². The molecular weight excluding hydrogens is 295 g/mol. The zero-order valence-corrected chi connectivity index (χ0v) is 9.89. The number of halogens is 7. The van der Waals surface area contributed by atoms with Crippen molar-refractivity contribution in [1.29, 1.82) is 0 Å². The normalized spacial score (nSPS) is 15.0. The summed E-state index contributed by atoms with van der Waals surface area (Å²) < 4.78 is 88.5. The van der Waals surface area contributed by atoms with Crippen LogP contribution >= 0.6 is 0 Å². The van der Waals surface area contributed by atoms with Crippen LogP contribution in [0.2, 0.25) is 0 Å².